The van der Waals surface area contributed by atoms with E-state index in [1.54, 1.807) is 12.4 Å². The van der Waals surface area contributed by atoms with Crippen molar-refractivity contribution >= 4 is 11.6 Å². The van der Waals surface area contributed by atoms with E-state index in [1.165, 1.54) is 18.2 Å². The van der Waals surface area contributed by atoms with Gasteiger partial charge in [-0.05, 0) is 65.8 Å². The number of nitrogens with one attached hydrogen (secondary N) is 2. The highest BCUT2D eigenvalue weighted by Crippen LogP contribution is 2.70. The Balaban J connectivity index is 1.46. The van der Waals surface area contributed by atoms with Crippen LogP contribution in [0.4, 0.5) is 23.2 Å². The van der Waals surface area contributed by atoms with E-state index in [1.807, 2.05) is 32.4 Å². The Labute approximate surface area is 235 Å². The number of aryl methyl sites for hydroxylation is 1. The molecule has 1 aromatic carbocycles. The second-order valence-corrected chi connectivity index (χ2v) is 12.8. The van der Waals surface area contributed by atoms with Crippen molar-refractivity contribution in [1.29, 1.82) is 0 Å². The SMILES string of the molecule is Cn1cnnc1C1(c2ccc(F)c(NC(=O)c3cc(CNCC(C)(C)C)cn(CC(F)(F)F)c3=O)c2)CC2(CC2)C1. The summed E-state index contributed by atoms with van der Waals surface area (Å²) in [5.41, 5.74) is -1.06. The summed E-state index contributed by atoms with van der Waals surface area (Å²) in [6.07, 6.45) is 1.89. The summed E-state index contributed by atoms with van der Waals surface area (Å²) in [6.45, 7) is 5.13. The van der Waals surface area contributed by atoms with Crippen molar-refractivity contribution in [2.45, 2.75) is 71.1 Å². The molecule has 2 fully saturated rings. The van der Waals surface area contributed by atoms with Gasteiger partial charge in [-0.2, -0.15) is 13.2 Å². The minimum atomic E-state index is -4.68. The van der Waals surface area contributed by atoms with Gasteiger partial charge >= 0.3 is 6.18 Å². The second-order valence-electron chi connectivity index (χ2n) is 12.8. The van der Waals surface area contributed by atoms with Gasteiger partial charge < -0.3 is 19.8 Å². The molecule has 1 amide bonds. The quantitative estimate of drug-likeness (QED) is 0.373. The van der Waals surface area contributed by atoms with Gasteiger partial charge in [-0.25, -0.2) is 4.39 Å². The zero-order valence-corrected chi connectivity index (χ0v) is 23.5. The van der Waals surface area contributed by atoms with Crippen LogP contribution < -0.4 is 16.2 Å². The zero-order valence-electron chi connectivity index (χ0n) is 23.5. The van der Waals surface area contributed by atoms with E-state index in [9.17, 15) is 22.8 Å². The molecule has 2 aliphatic carbocycles. The fraction of sp³-hybridized carbons (Fsp3) is 0.517. The Bertz CT molecular complexity index is 1520. The molecule has 2 saturated carbocycles. The number of hydrogen-bond donors (Lipinski definition) is 2. The average molecular weight is 575 g/mol. The van der Waals surface area contributed by atoms with Gasteiger partial charge in [0.1, 0.15) is 30.1 Å². The van der Waals surface area contributed by atoms with Crippen LogP contribution in [0.5, 0.6) is 0 Å². The molecule has 0 saturated heterocycles. The van der Waals surface area contributed by atoms with Crippen molar-refractivity contribution in [2.75, 3.05) is 11.9 Å². The highest BCUT2D eigenvalue weighted by molar-refractivity contribution is 6.04. The minimum absolute atomic E-state index is 0.0922. The van der Waals surface area contributed by atoms with E-state index in [0.717, 1.165) is 43.3 Å². The molecule has 2 aliphatic rings. The number of hydrogen-bond acceptors (Lipinski definition) is 5. The highest BCUT2D eigenvalue weighted by Gasteiger charge is 2.63. The smallest absolute Gasteiger partial charge is 0.320 e. The van der Waals surface area contributed by atoms with Gasteiger partial charge in [0.15, 0.2) is 0 Å². The number of alkyl halides is 3. The fourth-order valence-corrected chi connectivity index (χ4v) is 5.92. The number of halogens is 4. The van der Waals surface area contributed by atoms with E-state index >= 15 is 4.39 Å². The van der Waals surface area contributed by atoms with Crippen LogP contribution >= 0.6 is 0 Å². The van der Waals surface area contributed by atoms with Gasteiger partial charge in [0.2, 0.25) is 0 Å². The number of benzene rings is 1. The molecule has 0 radical (unpaired) electrons. The predicted octanol–water partition coefficient (Wildman–Crippen LogP) is 4.93. The van der Waals surface area contributed by atoms with Gasteiger partial charge in [0, 0.05) is 26.3 Å². The first-order chi connectivity index (χ1) is 19.1. The first kappa shape index (κ1) is 29.0. The van der Waals surface area contributed by atoms with Gasteiger partial charge in [-0.3, -0.25) is 9.59 Å². The zero-order chi connectivity index (χ0) is 29.8. The molecule has 0 atom stereocenters. The maximum atomic E-state index is 15.0. The molecule has 8 nitrogen and oxygen atoms in total. The van der Waals surface area contributed by atoms with E-state index in [-0.39, 0.29) is 23.1 Å². The average Bonchev–Trinajstić information content (AvgIpc) is 3.51. The van der Waals surface area contributed by atoms with Crippen molar-refractivity contribution in [3.63, 3.8) is 0 Å². The lowest BCUT2D eigenvalue weighted by Gasteiger charge is -2.48. The lowest BCUT2D eigenvalue weighted by Crippen LogP contribution is -2.45. The summed E-state index contributed by atoms with van der Waals surface area (Å²) < 4.78 is 57.1. The summed E-state index contributed by atoms with van der Waals surface area (Å²) in [5, 5.41) is 13.9. The molecule has 0 unspecified atom stereocenters. The Morgan fingerprint density at radius 1 is 1.12 bits per heavy atom. The van der Waals surface area contributed by atoms with Gasteiger partial charge in [0.05, 0.1) is 11.1 Å². The number of aromatic nitrogens is 4. The van der Waals surface area contributed by atoms with Crippen LogP contribution in [0.1, 0.15) is 73.8 Å². The number of carbonyl (C=O) groups excluding carboxylic acids is 1. The third-order valence-electron chi connectivity index (χ3n) is 7.94. The standard InChI is InChI=1S/C29H34F4N6O2/c1-26(2,3)15-34-11-18-9-20(24(41)39(12-18)16-29(31,32)33)23(40)36-22-10-19(5-6-21(22)30)28(13-27(14-28)7-8-27)25-37-35-17-38(25)4/h5-6,9-10,12,17,34H,7-8,11,13-16H2,1-4H3,(H,36,40). The van der Waals surface area contributed by atoms with Gasteiger partial charge in [0.25, 0.3) is 11.5 Å². The maximum Gasteiger partial charge on any atom is 0.406 e. The molecule has 3 aromatic rings. The number of carbonyl (C=O) groups is 1. The van der Waals surface area contributed by atoms with Crippen molar-refractivity contribution in [3.8, 4) is 0 Å². The highest BCUT2D eigenvalue weighted by atomic mass is 19.4. The molecule has 2 N–H and O–H groups in total. The van der Waals surface area contributed by atoms with Gasteiger partial charge in [-0.15, -0.1) is 10.2 Å². The molecule has 0 bridgehead atoms. The van der Waals surface area contributed by atoms with Crippen molar-refractivity contribution < 1.29 is 22.4 Å². The molecule has 5 rings (SSSR count). The van der Waals surface area contributed by atoms with Crippen LogP contribution in [0, 0.1) is 16.6 Å². The van der Waals surface area contributed by atoms with Crippen molar-refractivity contribution in [2.24, 2.45) is 17.9 Å². The van der Waals surface area contributed by atoms with Crippen LogP contribution in [-0.4, -0.2) is 38.0 Å². The van der Waals surface area contributed by atoms with Crippen molar-refractivity contribution in [1.82, 2.24) is 24.6 Å². The van der Waals surface area contributed by atoms with Crippen LogP contribution in [0.2, 0.25) is 0 Å². The third kappa shape index (κ3) is 6.07. The Morgan fingerprint density at radius 3 is 2.41 bits per heavy atom. The molecule has 2 aromatic heterocycles. The number of rotatable bonds is 8. The van der Waals surface area contributed by atoms with E-state index < -0.39 is 41.0 Å². The number of anilines is 1. The Hall–Kier alpha value is -3.54. The summed E-state index contributed by atoms with van der Waals surface area (Å²) in [7, 11) is 1.84. The summed E-state index contributed by atoms with van der Waals surface area (Å²) in [5.74, 6) is -0.974. The van der Waals surface area contributed by atoms with E-state index in [0.29, 0.717) is 16.7 Å². The molecule has 2 heterocycles. The second kappa shape index (κ2) is 10.1. The van der Waals surface area contributed by atoms with Crippen LogP contribution in [0.25, 0.3) is 0 Å². The van der Waals surface area contributed by atoms with E-state index in [2.05, 4.69) is 20.8 Å². The first-order valence-electron chi connectivity index (χ1n) is 13.6. The molecule has 220 valence electrons. The number of pyridine rings is 1. The Morgan fingerprint density at radius 2 is 1.83 bits per heavy atom. The topological polar surface area (TPSA) is 93.8 Å². The summed E-state index contributed by atoms with van der Waals surface area (Å²) in [6, 6.07) is 5.69. The monoisotopic (exact) mass is 574 g/mol. The summed E-state index contributed by atoms with van der Waals surface area (Å²) >= 11 is 0. The molecular formula is C29H34F4N6O2. The third-order valence-corrected chi connectivity index (χ3v) is 7.94. The molecule has 41 heavy (non-hydrogen) atoms. The lowest BCUT2D eigenvalue weighted by atomic mass is 9.56. The van der Waals surface area contributed by atoms with Crippen LogP contribution in [0.3, 0.4) is 0 Å². The summed E-state index contributed by atoms with van der Waals surface area (Å²) in [4.78, 5) is 26.3. The lowest BCUT2D eigenvalue weighted by molar-refractivity contribution is -0.141. The first-order valence-corrected chi connectivity index (χ1v) is 13.6. The fourth-order valence-electron chi connectivity index (χ4n) is 5.92. The normalized spacial score (nSPS) is 17.4. The van der Waals surface area contributed by atoms with Crippen LogP contribution in [0.15, 0.2) is 41.6 Å². The number of nitrogens with zero attached hydrogens (tertiary/aromatic N) is 4. The molecule has 1 spiro atoms. The largest absolute Gasteiger partial charge is 0.406 e. The molecule has 0 aliphatic heterocycles. The van der Waals surface area contributed by atoms with Crippen molar-refractivity contribution in [3.05, 3.63) is 75.5 Å². The maximum absolute atomic E-state index is 15.0. The molecular weight excluding hydrogens is 540 g/mol. The van der Waals surface area contributed by atoms with Gasteiger partial charge in [-0.1, -0.05) is 26.8 Å². The van der Waals surface area contributed by atoms with Crippen LogP contribution in [-0.2, 0) is 25.6 Å². The molecule has 12 heteroatoms. The number of amides is 1. The van der Waals surface area contributed by atoms with E-state index in [4.69, 9.17) is 0 Å². The Kier molecular flexibility index (Phi) is 7.12. The predicted molar refractivity (Wildman–Crippen MR) is 145 cm³/mol. The minimum Gasteiger partial charge on any atom is -0.320 e.